The summed E-state index contributed by atoms with van der Waals surface area (Å²) < 4.78 is 7.55. The lowest BCUT2D eigenvalue weighted by molar-refractivity contribution is -0.131. The van der Waals surface area contributed by atoms with Gasteiger partial charge in [0.05, 0.1) is 13.2 Å². The molecule has 0 radical (unpaired) electrons. The lowest BCUT2D eigenvalue weighted by atomic mass is 10.1. The van der Waals surface area contributed by atoms with Gasteiger partial charge in [0.2, 0.25) is 0 Å². The van der Waals surface area contributed by atoms with Gasteiger partial charge in [0.1, 0.15) is 5.70 Å². The molecule has 1 aromatic heterocycles. The van der Waals surface area contributed by atoms with E-state index in [1.54, 1.807) is 35.2 Å². The van der Waals surface area contributed by atoms with Gasteiger partial charge in [0, 0.05) is 47.5 Å². The minimum atomic E-state index is -0.310. The number of hydrogen-bond donors (Lipinski definition) is 1. The number of nitrogens with zero attached hydrogens (tertiary/aromatic N) is 2. The first-order chi connectivity index (χ1) is 16.1. The Labute approximate surface area is 192 Å². The first-order valence-corrected chi connectivity index (χ1v) is 11.0. The van der Waals surface area contributed by atoms with E-state index in [-0.39, 0.29) is 17.5 Å². The summed E-state index contributed by atoms with van der Waals surface area (Å²) in [7, 11) is 2.05. The quantitative estimate of drug-likeness (QED) is 0.490. The monoisotopic (exact) mass is 439 g/mol. The smallest absolute Gasteiger partial charge is 0.270 e. The van der Waals surface area contributed by atoms with Crippen molar-refractivity contribution in [2.75, 3.05) is 26.3 Å². The van der Waals surface area contributed by atoms with Gasteiger partial charge in [-0.1, -0.05) is 42.5 Å². The maximum absolute atomic E-state index is 13.3. The van der Waals surface area contributed by atoms with Crippen molar-refractivity contribution in [3.05, 3.63) is 89.6 Å². The molecule has 166 valence electrons. The lowest BCUT2D eigenvalue weighted by Crippen LogP contribution is -2.44. The van der Waals surface area contributed by atoms with Gasteiger partial charge in [0.15, 0.2) is 0 Å². The zero-order chi connectivity index (χ0) is 22.8. The molecule has 1 saturated heterocycles. The molecule has 4 aromatic rings. The van der Waals surface area contributed by atoms with E-state index < -0.39 is 0 Å². The van der Waals surface area contributed by atoms with Crippen LogP contribution in [0.25, 0.3) is 27.9 Å². The minimum absolute atomic E-state index is 0.208. The number of para-hydroxylation sites is 1. The molecule has 0 aliphatic carbocycles. The van der Waals surface area contributed by atoms with Crippen LogP contribution in [0, 0.1) is 0 Å². The highest BCUT2D eigenvalue weighted by molar-refractivity contribution is 6.09. The third kappa shape index (κ3) is 4.13. The summed E-state index contributed by atoms with van der Waals surface area (Å²) in [4.78, 5) is 27.9. The zero-order valence-corrected chi connectivity index (χ0v) is 18.5. The molecule has 1 fully saturated rings. The van der Waals surface area contributed by atoms with Gasteiger partial charge in [-0.2, -0.15) is 0 Å². The predicted molar refractivity (Wildman–Crippen MR) is 130 cm³/mol. The van der Waals surface area contributed by atoms with E-state index >= 15 is 0 Å². The third-order valence-corrected chi connectivity index (χ3v) is 6.06. The first-order valence-electron chi connectivity index (χ1n) is 11.0. The number of hydrogen-bond acceptors (Lipinski definition) is 3. The van der Waals surface area contributed by atoms with Crippen LogP contribution in [-0.2, 0) is 16.6 Å². The second-order valence-electron chi connectivity index (χ2n) is 8.14. The van der Waals surface area contributed by atoms with E-state index in [0.29, 0.717) is 31.9 Å². The van der Waals surface area contributed by atoms with E-state index in [0.717, 1.165) is 27.4 Å². The number of benzene rings is 3. The third-order valence-electron chi connectivity index (χ3n) is 6.06. The Bertz CT molecular complexity index is 1370. The molecule has 1 N–H and O–H groups in total. The van der Waals surface area contributed by atoms with E-state index in [1.165, 1.54) is 0 Å². The van der Waals surface area contributed by atoms with Gasteiger partial charge >= 0.3 is 0 Å². The Morgan fingerprint density at radius 1 is 0.879 bits per heavy atom. The lowest BCUT2D eigenvalue weighted by Gasteiger charge is -2.27. The van der Waals surface area contributed by atoms with Gasteiger partial charge in [0.25, 0.3) is 11.8 Å². The summed E-state index contributed by atoms with van der Waals surface area (Å²) in [6.07, 6.45) is 1.76. The fourth-order valence-corrected chi connectivity index (χ4v) is 4.31. The molecule has 0 spiro atoms. The largest absolute Gasteiger partial charge is 0.378 e. The topological polar surface area (TPSA) is 63.6 Å². The highest BCUT2D eigenvalue weighted by Crippen LogP contribution is 2.29. The van der Waals surface area contributed by atoms with Crippen molar-refractivity contribution >= 4 is 39.7 Å². The average molecular weight is 440 g/mol. The SMILES string of the molecule is Cn1c2ccccc2c2cc(/C=C(/NC(=O)c3ccccc3)C(=O)N3CCOCC3)ccc21. The maximum atomic E-state index is 13.3. The van der Waals surface area contributed by atoms with Crippen LogP contribution in [0.3, 0.4) is 0 Å². The van der Waals surface area contributed by atoms with Crippen LogP contribution in [-0.4, -0.2) is 47.6 Å². The summed E-state index contributed by atoms with van der Waals surface area (Å²) in [5.41, 5.74) is 3.87. The Kier molecular flexibility index (Phi) is 5.67. The molecule has 0 unspecified atom stereocenters. The molecule has 2 heterocycles. The fraction of sp³-hybridized carbons (Fsp3) is 0.185. The molecule has 0 saturated carbocycles. The molecular weight excluding hydrogens is 414 g/mol. The molecule has 5 rings (SSSR count). The second-order valence-corrected chi connectivity index (χ2v) is 8.14. The zero-order valence-electron chi connectivity index (χ0n) is 18.5. The van der Waals surface area contributed by atoms with E-state index in [4.69, 9.17) is 4.74 Å². The summed E-state index contributed by atoms with van der Waals surface area (Å²) in [6, 6.07) is 23.3. The molecule has 0 atom stereocenters. The number of morpholine rings is 1. The van der Waals surface area contributed by atoms with Crippen LogP contribution in [0.1, 0.15) is 15.9 Å². The van der Waals surface area contributed by atoms with Crippen LogP contribution in [0.15, 0.2) is 78.5 Å². The molecule has 0 bridgehead atoms. The van der Waals surface area contributed by atoms with Gasteiger partial charge < -0.3 is 19.5 Å². The van der Waals surface area contributed by atoms with Crippen LogP contribution < -0.4 is 5.32 Å². The van der Waals surface area contributed by atoms with Gasteiger partial charge in [-0.25, -0.2) is 0 Å². The van der Waals surface area contributed by atoms with Crippen molar-refractivity contribution in [1.82, 2.24) is 14.8 Å². The van der Waals surface area contributed by atoms with Crippen molar-refractivity contribution in [3.63, 3.8) is 0 Å². The highest BCUT2D eigenvalue weighted by atomic mass is 16.5. The molecular formula is C27H25N3O3. The van der Waals surface area contributed by atoms with Gasteiger partial charge in [-0.15, -0.1) is 0 Å². The number of nitrogens with one attached hydrogen (secondary N) is 1. The molecule has 33 heavy (non-hydrogen) atoms. The second kappa shape index (κ2) is 8.92. The van der Waals surface area contributed by atoms with Crippen molar-refractivity contribution in [1.29, 1.82) is 0 Å². The number of amides is 2. The van der Waals surface area contributed by atoms with E-state index in [2.05, 4.69) is 34.1 Å². The van der Waals surface area contributed by atoms with Crippen LogP contribution >= 0.6 is 0 Å². The fourth-order valence-electron chi connectivity index (χ4n) is 4.31. The Morgan fingerprint density at radius 2 is 1.58 bits per heavy atom. The summed E-state index contributed by atoms with van der Waals surface area (Å²) in [5.74, 6) is -0.518. The predicted octanol–water partition coefficient (Wildman–Crippen LogP) is 3.96. The first kappa shape index (κ1) is 21.0. The van der Waals surface area contributed by atoms with E-state index in [9.17, 15) is 9.59 Å². The van der Waals surface area contributed by atoms with E-state index in [1.807, 2.05) is 31.3 Å². The Morgan fingerprint density at radius 3 is 2.36 bits per heavy atom. The number of aryl methyl sites for hydroxylation is 1. The van der Waals surface area contributed by atoms with Crippen molar-refractivity contribution in [3.8, 4) is 0 Å². The summed E-state index contributed by atoms with van der Waals surface area (Å²) in [5, 5.41) is 5.11. The van der Waals surface area contributed by atoms with Crippen LogP contribution in [0.5, 0.6) is 0 Å². The molecule has 6 nitrogen and oxygen atoms in total. The molecule has 6 heteroatoms. The minimum Gasteiger partial charge on any atom is -0.378 e. The number of fused-ring (bicyclic) bond motifs is 3. The molecule has 3 aromatic carbocycles. The van der Waals surface area contributed by atoms with Crippen LogP contribution in [0.2, 0.25) is 0 Å². The van der Waals surface area contributed by atoms with Crippen LogP contribution in [0.4, 0.5) is 0 Å². The molecule has 1 aliphatic rings. The van der Waals surface area contributed by atoms with Crippen molar-refractivity contribution in [2.24, 2.45) is 7.05 Å². The van der Waals surface area contributed by atoms with Crippen molar-refractivity contribution < 1.29 is 14.3 Å². The average Bonchev–Trinajstić information content (AvgIpc) is 3.16. The molecule has 2 amide bonds. The maximum Gasteiger partial charge on any atom is 0.270 e. The Balaban J connectivity index is 1.55. The van der Waals surface area contributed by atoms with Gasteiger partial charge in [-0.3, -0.25) is 9.59 Å². The number of rotatable bonds is 4. The highest BCUT2D eigenvalue weighted by Gasteiger charge is 2.23. The number of aromatic nitrogens is 1. The number of carbonyl (C=O) groups is 2. The summed E-state index contributed by atoms with van der Waals surface area (Å²) >= 11 is 0. The number of carbonyl (C=O) groups excluding carboxylic acids is 2. The number of ether oxygens (including phenoxy) is 1. The summed E-state index contributed by atoms with van der Waals surface area (Å²) in [6.45, 7) is 1.99. The van der Waals surface area contributed by atoms with Gasteiger partial charge in [-0.05, 0) is 42.0 Å². The normalized spacial score (nSPS) is 14.6. The Hall–Kier alpha value is -3.90. The molecule has 1 aliphatic heterocycles. The van der Waals surface area contributed by atoms with Crippen molar-refractivity contribution in [2.45, 2.75) is 0 Å². The standard InChI is InChI=1S/C27H25N3O3/c1-29-24-10-6-5-9-21(24)22-17-19(11-12-25(22)29)18-23(27(32)30-13-15-33-16-14-30)28-26(31)20-7-3-2-4-8-20/h2-12,17-18H,13-16H2,1H3,(H,28,31)/b23-18+.